The standard InChI is InChI=1S/C25H32O6/c1-16(8-9-22-24(3,4)30-22)7-6-11-25(5)12-10-19-21(28)13-18(15-29-17(2)27)20(14-26)23(19)31-25/h7,10,12-14,22,28H,6,8-9,11,15H2,1-5H3/b16-7+/t22-,25+/m1/s1. The molecule has 2 aliphatic heterocycles. The number of carbonyl (C=O) groups excluding carboxylic acids is 2. The second-order valence-corrected chi connectivity index (χ2v) is 9.20. The lowest BCUT2D eigenvalue weighted by Crippen LogP contribution is -2.32. The molecule has 1 saturated heterocycles. The van der Waals surface area contributed by atoms with E-state index in [1.165, 1.54) is 18.6 Å². The quantitative estimate of drug-likeness (QED) is 0.254. The van der Waals surface area contributed by atoms with Crippen LogP contribution in [0.25, 0.3) is 6.08 Å². The van der Waals surface area contributed by atoms with Gasteiger partial charge in [0, 0.05) is 12.5 Å². The van der Waals surface area contributed by atoms with E-state index in [1.54, 1.807) is 6.08 Å². The molecule has 6 nitrogen and oxygen atoms in total. The van der Waals surface area contributed by atoms with Crippen LogP contribution in [-0.2, 0) is 20.9 Å². The van der Waals surface area contributed by atoms with Crippen LogP contribution in [0.4, 0.5) is 0 Å². The van der Waals surface area contributed by atoms with Crippen LogP contribution in [0.1, 0.15) is 81.8 Å². The van der Waals surface area contributed by atoms with Crippen molar-refractivity contribution < 1.29 is 28.9 Å². The summed E-state index contributed by atoms with van der Waals surface area (Å²) >= 11 is 0. The van der Waals surface area contributed by atoms with Gasteiger partial charge in [-0.15, -0.1) is 0 Å². The van der Waals surface area contributed by atoms with E-state index in [9.17, 15) is 14.7 Å². The van der Waals surface area contributed by atoms with Crippen molar-refractivity contribution in [1.82, 2.24) is 0 Å². The van der Waals surface area contributed by atoms with E-state index in [1.807, 2.05) is 13.0 Å². The van der Waals surface area contributed by atoms with E-state index in [0.29, 0.717) is 34.8 Å². The van der Waals surface area contributed by atoms with Crippen LogP contribution in [0, 0.1) is 0 Å². The molecule has 0 unspecified atom stereocenters. The van der Waals surface area contributed by atoms with Crippen molar-refractivity contribution in [1.29, 1.82) is 0 Å². The third-order valence-corrected chi connectivity index (χ3v) is 6.01. The number of carbonyl (C=O) groups is 2. The average molecular weight is 429 g/mol. The lowest BCUT2D eigenvalue weighted by Gasteiger charge is -2.33. The summed E-state index contributed by atoms with van der Waals surface area (Å²) in [5.74, 6) is -0.142. The topological polar surface area (TPSA) is 85.4 Å². The highest BCUT2D eigenvalue weighted by Gasteiger charge is 2.46. The number of epoxide rings is 1. The largest absolute Gasteiger partial charge is 0.507 e. The highest BCUT2D eigenvalue weighted by Crippen LogP contribution is 2.42. The number of rotatable bonds is 9. The maximum absolute atomic E-state index is 11.8. The van der Waals surface area contributed by atoms with Gasteiger partial charge in [-0.05, 0) is 71.6 Å². The number of phenolic OH excluding ortho intramolecular Hbond substituents is 1. The Hall–Kier alpha value is -2.60. The molecule has 3 rings (SSSR count). The van der Waals surface area contributed by atoms with Crippen LogP contribution >= 0.6 is 0 Å². The first-order chi connectivity index (χ1) is 14.5. The van der Waals surface area contributed by atoms with Gasteiger partial charge in [0.2, 0.25) is 0 Å². The van der Waals surface area contributed by atoms with Crippen molar-refractivity contribution in [2.75, 3.05) is 0 Å². The van der Waals surface area contributed by atoms with Crippen molar-refractivity contribution in [3.63, 3.8) is 0 Å². The maximum atomic E-state index is 11.8. The lowest BCUT2D eigenvalue weighted by molar-refractivity contribution is -0.142. The van der Waals surface area contributed by atoms with Gasteiger partial charge in [0.25, 0.3) is 0 Å². The van der Waals surface area contributed by atoms with Crippen LogP contribution in [-0.4, -0.2) is 34.7 Å². The molecule has 2 aliphatic rings. The van der Waals surface area contributed by atoms with E-state index >= 15 is 0 Å². The summed E-state index contributed by atoms with van der Waals surface area (Å²) in [5.41, 5.74) is 1.91. The molecular weight excluding hydrogens is 396 g/mol. The molecule has 1 aromatic rings. The molecule has 0 bridgehead atoms. The third kappa shape index (κ3) is 5.56. The summed E-state index contributed by atoms with van der Waals surface area (Å²) in [6.45, 7) is 9.52. The number of fused-ring (bicyclic) bond motifs is 1. The predicted molar refractivity (Wildman–Crippen MR) is 118 cm³/mol. The number of aldehydes is 1. The molecule has 2 heterocycles. The summed E-state index contributed by atoms with van der Waals surface area (Å²) in [5, 5.41) is 10.4. The Bertz CT molecular complexity index is 926. The molecule has 0 saturated carbocycles. The van der Waals surface area contributed by atoms with Gasteiger partial charge in [0.1, 0.15) is 23.7 Å². The Balaban J connectivity index is 1.67. The Morgan fingerprint density at radius 3 is 2.61 bits per heavy atom. The molecule has 1 N–H and O–H groups in total. The zero-order valence-electron chi connectivity index (χ0n) is 19.0. The van der Waals surface area contributed by atoms with Gasteiger partial charge in [-0.25, -0.2) is 0 Å². The van der Waals surface area contributed by atoms with E-state index in [0.717, 1.165) is 25.7 Å². The normalized spacial score (nSPS) is 23.6. The molecule has 1 fully saturated rings. The number of benzene rings is 1. The molecule has 6 heteroatoms. The van der Waals surface area contributed by atoms with E-state index < -0.39 is 11.6 Å². The second-order valence-electron chi connectivity index (χ2n) is 9.20. The van der Waals surface area contributed by atoms with Crippen molar-refractivity contribution in [2.24, 2.45) is 0 Å². The van der Waals surface area contributed by atoms with Crippen molar-refractivity contribution in [3.8, 4) is 11.5 Å². The number of allylic oxidation sites excluding steroid dienone is 2. The fourth-order valence-electron chi connectivity index (χ4n) is 3.89. The average Bonchev–Trinajstić information content (AvgIpc) is 3.31. The van der Waals surface area contributed by atoms with Gasteiger partial charge >= 0.3 is 5.97 Å². The smallest absolute Gasteiger partial charge is 0.302 e. The second kappa shape index (κ2) is 8.87. The SMILES string of the molecule is CC(=O)OCc1cc(O)c2c(c1C=O)O[C@@](C)(CC/C=C(\C)CC[C@H]1OC1(C)C)C=C2. The summed E-state index contributed by atoms with van der Waals surface area (Å²) in [4.78, 5) is 23.0. The van der Waals surface area contributed by atoms with E-state index in [-0.39, 0.29) is 18.0 Å². The summed E-state index contributed by atoms with van der Waals surface area (Å²) < 4.78 is 16.9. The Kier molecular flexibility index (Phi) is 6.60. The Labute approximate surface area is 183 Å². The van der Waals surface area contributed by atoms with Crippen molar-refractivity contribution in [3.05, 3.63) is 40.5 Å². The Morgan fingerprint density at radius 1 is 1.29 bits per heavy atom. The number of hydrogen-bond donors (Lipinski definition) is 1. The van der Waals surface area contributed by atoms with Gasteiger partial charge in [-0.1, -0.05) is 11.6 Å². The Morgan fingerprint density at radius 2 is 2.00 bits per heavy atom. The molecule has 0 radical (unpaired) electrons. The van der Waals surface area contributed by atoms with Crippen LogP contribution in [0.3, 0.4) is 0 Å². The van der Waals surface area contributed by atoms with Gasteiger partial charge in [0.05, 0.1) is 22.8 Å². The molecule has 0 spiro atoms. The fourth-order valence-corrected chi connectivity index (χ4v) is 3.89. The molecule has 1 aromatic carbocycles. The van der Waals surface area contributed by atoms with Crippen LogP contribution < -0.4 is 4.74 Å². The first kappa shape index (κ1) is 23.1. The molecule has 31 heavy (non-hydrogen) atoms. The van der Waals surface area contributed by atoms with Gasteiger partial charge in [-0.3, -0.25) is 9.59 Å². The zero-order chi connectivity index (χ0) is 22.8. The first-order valence-electron chi connectivity index (χ1n) is 10.7. The minimum absolute atomic E-state index is 0.0120. The lowest BCUT2D eigenvalue weighted by atomic mass is 9.92. The molecule has 0 aromatic heterocycles. The molecular formula is C25H32O6. The number of phenols is 1. The molecule has 0 amide bonds. The minimum Gasteiger partial charge on any atom is -0.507 e. The number of hydrogen-bond acceptors (Lipinski definition) is 6. The highest BCUT2D eigenvalue weighted by molar-refractivity contribution is 5.87. The van der Waals surface area contributed by atoms with Gasteiger partial charge in [-0.2, -0.15) is 0 Å². The van der Waals surface area contributed by atoms with Crippen LogP contribution in [0.15, 0.2) is 23.8 Å². The van der Waals surface area contributed by atoms with E-state index in [4.69, 9.17) is 14.2 Å². The zero-order valence-corrected chi connectivity index (χ0v) is 19.0. The van der Waals surface area contributed by atoms with Crippen molar-refractivity contribution >= 4 is 18.3 Å². The molecule has 168 valence electrons. The maximum Gasteiger partial charge on any atom is 0.302 e. The van der Waals surface area contributed by atoms with Gasteiger partial charge < -0.3 is 19.3 Å². The summed E-state index contributed by atoms with van der Waals surface area (Å²) in [6, 6.07) is 1.44. The number of ether oxygens (including phenoxy) is 3. The number of esters is 1. The van der Waals surface area contributed by atoms with E-state index in [2.05, 4.69) is 26.8 Å². The summed E-state index contributed by atoms with van der Waals surface area (Å²) in [7, 11) is 0. The molecule has 2 atom stereocenters. The minimum atomic E-state index is -0.615. The number of aromatic hydroxyl groups is 1. The predicted octanol–water partition coefficient (Wildman–Crippen LogP) is 5.12. The van der Waals surface area contributed by atoms with Crippen molar-refractivity contribution in [2.45, 2.75) is 84.2 Å². The first-order valence-corrected chi connectivity index (χ1v) is 10.7. The van der Waals surface area contributed by atoms with Crippen LogP contribution in [0.5, 0.6) is 11.5 Å². The molecule has 0 aliphatic carbocycles. The van der Waals surface area contributed by atoms with Crippen LogP contribution in [0.2, 0.25) is 0 Å². The van der Waals surface area contributed by atoms with Gasteiger partial charge in [0.15, 0.2) is 6.29 Å². The highest BCUT2D eigenvalue weighted by atomic mass is 16.6. The summed E-state index contributed by atoms with van der Waals surface area (Å²) in [6.07, 6.45) is 10.6. The fraction of sp³-hybridized carbons (Fsp3) is 0.520. The monoisotopic (exact) mass is 428 g/mol. The third-order valence-electron chi connectivity index (χ3n) is 6.01.